The summed E-state index contributed by atoms with van der Waals surface area (Å²) in [6.45, 7) is 3.33. The van der Waals surface area contributed by atoms with E-state index in [-0.39, 0.29) is 17.7 Å². The number of aromatic hydroxyl groups is 1. The van der Waals surface area contributed by atoms with Crippen molar-refractivity contribution < 1.29 is 9.90 Å². The molecule has 0 unspecified atom stereocenters. The van der Waals surface area contributed by atoms with E-state index in [2.05, 4.69) is 47.1 Å². The number of benzene rings is 2. The van der Waals surface area contributed by atoms with Crippen molar-refractivity contribution in [2.24, 2.45) is 0 Å². The molecular weight excluding hydrogens is 404 g/mol. The van der Waals surface area contributed by atoms with Gasteiger partial charge >= 0.3 is 0 Å². The van der Waals surface area contributed by atoms with Gasteiger partial charge in [0, 0.05) is 43.2 Å². The standard InChI is InChI=1S/C25H24N4O3/c1-3-28-14-18(17-11-7-8-12-19(17)28)22(16-9-5-4-6-10-16)20-15-27(2)25(32)23-24(31)21(30)13-26-29(20)23/h4-14,20,22,31H,3,15H2,1-2H3/t20-,22-/m1/s1. The molecule has 7 nitrogen and oxygen atoms in total. The Labute approximate surface area is 185 Å². The lowest BCUT2D eigenvalue weighted by atomic mass is 9.83. The van der Waals surface area contributed by atoms with Crippen molar-refractivity contribution in [2.45, 2.75) is 25.4 Å². The van der Waals surface area contributed by atoms with Crippen LogP contribution in [-0.2, 0) is 6.54 Å². The van der Waals surface area contributed by atoms with Gasteiger partial charge in [0.25, 0.3) is 5.91 Å². The fourth-order valence-electron chi connectivity index (χ4n) is 4.83. The van der Waals surface area contributed by atoms with Crippen LogP contribution in [0.25, 0.3) is 10.9 Å². The molecule has 1 N–H and O–H groups in total. The SMILES string of the molecule is CCn1cc([C@@H](c2ccccc2)[C@H]2CN(C)C(=O)c3c(O)c(=O)cnn32)c2ccccc21. The zero-order valence-corrected chi connectivity index (χ0v) is 18.0. The predicted molar refractivity (Wildman–Crippen MR) is 122 cm³/mol. The molecule has 2 atom stereocenters. The zero-order valence-electron chi connectivity index (χ0n) is 18.0. The Hall–Kier alpha value is -3.87. The molecule has 5 rings (SSSR count). The van der Waals surface area contributed by atoms with Gasteiger partial charge in [0.15, 0.2) is 11.4 Å². The monoisotopic (exact) mass is 428 g/mol. The van der Waals surface area contributed by atoms with Crippen LogP contribution in [-0.4, -0.2) is 43.9 Å². The third-order valence-electron chi connectivity index (χ3n) is 6.35. The molecule has 0 bridgehead atoms. The number of aromatic nitrogens is 3. The molecular formula is C25H24N4O3. The normalized spacial score (nSPS) is 16.9. The average Bonchev–Trinajstić information content (AvgIpc) is 3.18. The van der Waals surface area contributed by atoms with Gasteiger partial charge in [-0.15, -0.1) is 0 Å². The molecule has 1 amide bonds. The van der Waals surface area contributed by atoms with Gasteiger partial charge in [-0.25, -0.2) is 0 Å². The lowest BCUT2D eigenvalue weighted by Gasteiger charge is -2.37. The maximum atomic E-state index is 12.9. The van der Waals surface area contributed by atoms with Crippen LogP contribution in [0.1, 0.15) is 40.5 Å². The Morgan fingerprint density at radius 1 is 1.09 bits per heavy atom. The fourth-order valence-corrected chi connectivity index (χ4v) is 4.83. The van der Waals surface area contributed by atoms with Gasteiger partial charge in [-0.05, 0) is 24.1 Å². The molecule has 0 spiro atoms. The highest BCUT2D eigenvalue weighted by Gasteiger charge is 2.39. The van der Waals surface area contributed by atoms with Crippen LogP contribution in [0.2, 0.25) is 0 Å². The number of hydrogen-bond donors (Lipinski definition) is 1. The van der Waals surface area contributed by atoms with E-state index >= 15 is 0 Å². The largest absolute Gasteiger partial charge is 0.502 e. The van der Waals surface area contributed by atoms with Crippen molar-refractivity contribution in [2.75, 3.05) is 13.6 Å². The summed E-state index contributed by atoms with van der Waals surface area (Å²) in [6, 6.07) is 18.1. The van der Waals surface area contributed by atoms with E-state index in [1.807, 2.05) is 30.3 Å². The summed E-state index contributed by atoms with van der Waals surface area (Å²) in [5.74, 6) is -1.12. The van der Waals surface area contributed by atoms with Gasteiger partial charge in [-0.1, -0.05) is 48.5 Å². The molecule has 1 aliphatic heterocycles. The van der Waals surface area contributed by atoms with Crippen LogP contribution >= 0.6 is 0 Å². The number of rotatable bonds is 4. The number of carbonyl (C=O) groups is 1. The summed E-state index contributed by atoms with van der Waals surface area (Å²) in [5.41, 5.74) is 2.62. The second-order valence-corrected chi connectivity index (χ2v) is 8.18. The van der Waals surface area contributed by atoms with E-state index in [9.17, 15) is 14.7 Å². The van der Waals surface area contributed by atoms with Crippen LogP contribution in [0.15, 0.2) is 71.8 Å². The molecule has 0 fully saturated rings. The number of para-hydroxylation sites is 1. The van der Waals surface area contributed by atoms with Crippen molar-refractivity contribution >= 4 is 16.8 Å². The van der Waals surface area contributed by atoms with E-state index < -0.39 is 17.1 Å². The van der Waals surface area contributed by atoms with Crippen LogP contribution in [0, 0.1) is 0 Å². The van der Waals surface area contributed by atoms with Crippen molar-refractivity contribution in [1.82, 2.24) is 19.2 Å². The first-order valence-corrected chi connectivity index (χ1v) is 10.7. The second kappa shape index (κ2) is 7.67. The summed E-state index contributed by atoms with van der Waals surface area (Å²) in [6.07, 6.45) is 3.25. The van der Waals surface area contributed by atoms with Gasteiger partial charge in [-0.3, -0.25) is 14.3 Å². The summed E-state index contributed by atoms with van der Waals surface area (Å²) < 4.78 is 3.75. The molecule has 0 aliphatic carbocycles. The molecule has 0 saturated carbocycles. The minimum atomic E-state index is -0.655. The van der Waals surface area contributed by atoms with E-state index in [0.29, 0.717) is 6.54 Å². The molecule has 32 heavy (non-hydrogen) atoms. The fraction of sp³-hybridized carbons (Fsp3) is 0.240. The van der Waals surface area contributed by atoms with Gasteiger partial charge in [0.05, 0.1) is 12.2 Å². The highest BCUT2D eigenvalue weighted by atomic mass is 16.3. The molecule has 0 radical (unpaired) electrons. The third-order valence-corrected chi connectivity index (χ3v) is 6.35. The maximum absolute atomic E-state index is 12.9. The van der Waals surface area contributed by atoms with Crippen LogP contribution in [0.5, 0.6) is 5.75 Å². The Bertz CT molecular complexity index is 1370. The Morgan fingerprint density at radius 2 is 1.81 bits per heavy atom. The van der Waals surface area contributed by atoms with Gasteiger partial charge < -0.3 is 14.6 Å². The first kappa shape index (κ1) is 20.1. The summed E-state index contributed by atoms with van der Waals surface area (Å²) >= 11 is 0. The Morgan fingerprint density at radius 3 is 2.56 bits per heavy atom. The first-order chi connectivity index (χ1) is 15.5. The molecule has 162 valence electrons. The summed E-state index contributed by atoms with van der Waals surface area (Å²) in [5, 5.41) is 15.9. The van der Waals surface area contributed by atoms with Crippen molar-refractivity contribution in [1.29, 1.82) is 0 Å². The van der Waals surface area contributed by atoms with E-state index in [1.54, 1.807) is 11.9 Å². The lowest BCUT2D eigenvalue weighted by molar-refractivity contribution is 0.0686. The Kier molecular flexibility index (Phi) is 4.81. The van der Waals surface area contributed by atoms with Gasteiger partial charge in [0.2, 0.25) is 5.43 Å². The van der Waals surface area contributed by atoms with E-state index in [0.717, 1.165) is 34.8 Å². The number of carbonyl (C=O) groups excluding carboxylic acids is 1. The molecule has 2 aromatic carbocycles. The zero-order chi connectivity index (χ0) is 22.4. The molecule has 7 heteroatoms. The molecule has 1 aliphatic rings. The third kappa shape index (κ3) is 3.00. The summed E-state index contributed by atoms with van der Waals surface area (Å²) in [4.78, 5) is 26.5. The lowest BCUT2D eigenvalue weighted by Crippen LogP contribution is -2.45. The highest BCUT2D eigenvalue weighted by Crippen LogP contribution is 2.42. The van der Waals surface area contributed by atoms with Gasteiger partial charge in [0.1, 0.15) is 0 Å². The minimum Gasteiger partial charge on any atom is -0.502 e. The smallest absolute Gasteiger partial charge is 0.275 e. The van der Waals surface area contributed by atoms with Crippen molar-refractivity contribution in [3.05, 3.63) is 94.0 Å². The van der Waals surface area contributed by atoms with Crippen LogP contribution < -0.4 is 5.43 Å². The number of amides is 1. The number of likely N-dealkylation sites (N-methyl/N-ethyl adjacent to an activating group) is 1. The van der Waals surface area contributed by atoms with Crippen molar-refractivity contribution in [3.8, 4) is 5.75 Å². The summed E-state index contributed by atoms with van der Waals surface area (Å²) in [7, 11) is 1.69. The number of aryl methyl sites for hydroxylation is 1. The second-order valence-electron chi connectivity index (χ2n) is 8.18. The first-order valence-electron chi connectivity index (χ1n) is 10.7. The highest BCUT2D eigenvalue weighted by molar-refractivity contribution is 5.95. The minimum absolute atomic E-state index is 0.0589. The Balaban J connectivity index is 1.80. The quantitative estimate of drug-likeness (QED) is 0.540. The van der Waals surface area contributed by atoms with Crippen molar-refractivity contribution in [3.63, 3.8) is 0 Å². The van der Waals surface area contributed by atoms with Gasteiger partial charge in [-0.2, -0.15) is 5.10 Å². The average molecular weight is 428 g/mol. The maximum Gasteiger partial charge on any atom is 0.275 e. The molecule has 4 aromatic rings. The molecule has 2 aromatic heterocycles. The number of hydrogen-bond acceptors (Lipinski definition) is 4. The van der Waals surface area contributed by atoms with E-state index in [1.165, 1.54) is 4.68 Å². The molecule has 0 saturated heterocycles. The topological polar surface area (TPSA) is 80.4 Å². The van der Waals surface area contributed by atoms with Crippen LogP contribution in [0.3, 0.4) is 0 Å². The number of fused-ring (bicyclic) bond motifs is 2. The predicted octanol–water partition coefficient (Wildman–Crippen LogP) is 3.38. The molecule has 3 heterocycles. The number of nitrogens with zero attached hydrogens (tertiary/aromatic N) is 4. The van der Waals surface area contributed by atoms with E-state index in [4.69, 9.17) is 0 Å². The van der Waals surface area contributed by atoms with Crippen LogP contribution in [0.4, 0.5) is 0 Å².